The second-order valence-electron chi connectivity index (χ2n) is 10.9. The molecule has 0 radical (unpaired) electrons. The number of fused-ring (bicyclic) bond motifs is 3. The molecular weight excluding hydrogens is 454 g/mol. The van der Waals surface area contributed by atoms with Gasteiger partial charge in [-0.1, -0.05) is 61.5 Å². The maximum absolute atomic E-state index is 10.9. The van der Waals surface area contributed by atoms with Crippen molar-refractivity contribution < 1.29 is 5.11 Å². The first-order chi connectivity index (χ1) is 17.6. The molecule has 0 aromatic heterocycles. The Morgan fingerprint density at radius 1 is 0.703 bits per heavy atom. The molecule has 0 heterocycles. The average Bonchev–Trinajstić information content (AvgIpc) is 3.13. The Morgan fingerprint density at radius 3 is 1.68 bits per heavy atom. The van der Waals surface area contributed by atoms with Gasteiger partial charge in [0.15, 0.2) is 0 Å². The quantitative estimate of drug-likeness (QED) is 0.319. The van der Waals surface area contributed by atoms with E-state index in [4.69, 9.17) is 5.73 Å². The van der Waals surface area contributed by atoms with Gasteiger partial charge in [-0.25, -0.2) is 0 Å². The number of para-hydroxylation sites is 1. The fourth-order valence-corrected chi connectivity index (χ4v) is 6.20. The summed E-state index contributed by atoms with van der Waals surface area (Å²) in [6, 6.07) is 29.2. The summed E-state index contributed by atoms with van der Waals surface area (Å²) in [5.41, 5.74) is 17.3. The van der Waals surface area contributed by atoms with Gasteiger partial charge in [-0.2, -0.15) is 0 Å². The molecule has 3 N–H and O–H groups in total. The highest BCUT2D eigenvalue weighted by molar-refractivity contribution is 5.86. The van der Waals surface area contributed by atoms with Gasteiger partial charge in [0, 0.05) is 62.5 Å². The summed E-state index contributed by atoms with van der Waals surface area (Å²) in [4.78, 5) is 4.30. The van der Waals surface area contributed by atoms with Crippen LogP contribution in [0.2, 0.25) is 0 Å². The first kappa shape index (κ1) is 24.9. The number of nitrogens with zero attached hydrogens (tertiary/aromatic N) is 2. The third kappa shape index (κ3) is 3.96. The molecule has 0 saturated heterocycles. The Morgan fingerprint density at radius 2 is 1.19 bits per heavy atom. The average molecular weight is 492 g/mol. The number of rotatable bonds is 6. The standard InChI is InChI=1S/C33H37N3O/c1-21-11-7-8-12-24(21)31(32(34)25-13-9-10-14-30(25)37)33(2)28-17-15-22(35(3)4)19-26(28)27-20-23(36(5)6)16-18-29(27)33/h7-20,31-32,37H,34H2,1-6H3. The Bertz CT molecular complexity index is 1400. The van der Waals surface area contributed by atoms with Crippen LogP contribution in [0.5, 0.6) is 5.75 Å². The minimum atomic E-state index is -0.423. The SMILES string of the molecule is Cc1ccccc1C(C(N)c1ccccc1O)C1(C)c2ccc(N(C)C)cc2-c2cc(N(C)C)ccc21. The van der Waals surface area contributed by atoms with Crippen LogP contribution in [0.15, 0.2) is 84.9 Å². The van der Waals surface area contributed by atoms with Gasteiger partial charge in [0.05, 0.1) is 0 Å². The van der Waals surface area contributed by atoms with Gasteiger partial charge < -0.3 is 20.6 Å². The van der Waals surface area contributed by atoms with Crippen LogP contribution in [0.25, 0.3) is 11.1 Å². The Balaban J connectivity index is 1.84. The normalized spacial score (nSPS) is 15.0. The van der Waals surface area contributed by atoms with Gasteiger partial charge in [0.25, 0.3) is 0 Å². The van der Waals surface area contributed by atoms with E-state index >= 15 is 0 Å². The minimum Gasteiger partial charge on any atom is -0.508 e. The highest BCUT2D eigenvalue weighted by Gasteiger charge is 2.49. The highest BCUT2D eigenvalue weighted by atomic mass is 16.3. The van der Waals surface area contributed by atoms with E-state index in [1.165, 1.54) is 44.8 Å². The van der Waals surface area contributed by atoms with Crippen molar-refractivity contribution in [3.05, 3.63) is 113 Å². The lowest BCUT2D eigenvalue weighted by Gasteiger charge is -2.41. The minimum absolute atomic E-state index is 0.114. The van der Waals surface area contributed by atoms with E-state index in [9.17, 15) is 5.11 Å². The maximum atomic E-state index is 10.9. The molecular formula is C33H37N3O. The summed E-state index contributed by atoms with van der Waals surface area (Å²) in [6.45, 7) is 4.49. The lowest BCUT2D eigenvalue weighted by molar-refractivity contribution is 0.378. The van der Waals surface area contributed by atoms with Crippen LogP contribution < -0.4 is 15.5 Å². The third-order valence-electron chi connectivity index (χ3n) is 8.25. The van der Waals surface area contributed by atoms with E-state index in [0.29, 0.717) is 0 Å². The van der Waals surface area contributed by atoms with Crippen LogP contribution in [-0.2, 0) is 5.41 Å². The van der Waals surface area contributed by atoms with E-state index in [1.54, 1.807) is 6.07 Å². The second kappa shape index (κ2) is 9.28. The first-order valence-electron chi connectivity index (χ1n) is 12.9. The van der Waals surface area contributed by atoms with E-state index in [2.05, 4.69) is 113 Å². The molecule has 37 heavy (non-hydrogen) atoms. The molecule has 0 amide bonds. The third-order valence-corrected chi connectivity index (χ3v) is 8.25. The zero-order valence-electron chi connectivity index (χ0n) is 22.7. The van der Waals surface area contributed by atoms with Crippen LogP contribution in [-0.4, -0.2) is 33.3 Å². The molecule has 4 aromatic rings. The van der Waals surface area contributed by atoms with Gasteiger partial charge in [0.2, 0.25) is 0 Å². The zero-order chi connectivity index (χ0) is 26.5. The molecule has 2 atom stereocenters. The van der Waals surface area contributed by atoms with Gasteiger partial charge in [-0.3, -0.25) is 0 Å². The number of hydrogen-bond acceptors (Lipinski definition) is 4. The smallest absolute Gasteiger partial charge is 0.120 e. The van der Waals surface area contributed by atoms with Crippen molar-refractivity contribution in [1.29, 1.82) is 0 Å². The summed E-state index contributed by atoms with van der Waals surface area (Å²) in [5, 5.41) is 10.9. The summed E-state index contributed by atoms with van der Waals surface area (Å²) < 4.78 is 0. The van der Waals surface area contributed by atoms with Crippen LogP contribution in [0.4, 0.5) is 11.4 Å². The van der Waals surface area contributed by atoms with Crippen molar-refractivity contribution in [3.63, 3.8) is 0 Å². The second-order valence-corrected chi connectivity index (χ2v) is 10.9. The first-order valence-corrected chi connectivity index (χ1v) is 12.9. The fourth-order valence-electron chi connectivity index (χ4n) is 6.20. The fraction of sp³-hybridized carbons (Fsp3) is 0.273. The van der Waals surface area contributed by atoms with Crippen molar-refractivity contribution in [3.8, 4) is 16.9 Å². The lowest BCUT2D eigenvalue weighted by atomic mass is 9.63. The van der Waals surface area contributed by atoms with Crippen molar-refractivity contribution in [1.82, 2.24) is 0 Å². The number of phenolic OH excluding ortho intramolecular Hbond substituents is 1. The van der Waals surface area contributed by atoms with Gasteiger partial charge in [0.1, 0.15) is 5.75 Å². The Hall–Kier alpha value is -3.76. The number of anilines is 2. The molecule has 0 fully saturated rings. The van der Waals surface area contributed by atoms with Gasteiger partial charge in [-0.15, -0.1) is 0 Å². The van der Waals surface area contributed by atoms with Crippen LogP contribution in [0, 0.1) is 6.92 Å². The van der Waals surface area contributed by atoms with Crippen molar-refractivity contribution in [2.24, 2.45) is 5.73 Å². The molecule has 4 nitrogen and oxygen atoms in total. The van der Waals surface area contributed by atoms with Gasteiger partial charge >= 0.3 is 0 Å². The molecule has 1 aliphatic carbocycles. The lowest BCUT2D eigenvalue weighted by Crippen LogP contribution is -2.37. The van der Waals surface area contributed by atoms with Crippen LogP contribution in [0.1, 0.15) is 46.7 Å². The molecule has 4 aromatic carbocycles. The van der Waals surface area contributed by atoms with Crippen LogP contribution >= 0.6 is 0 Å². The Kier molecular flexibility index (Phi) is 6.25. The molecule has 0 saturated carbocycles. The molecule has 0 spiro atoms. The zero-order valence-corrected chi connectivity index (χ0v) is 22.7. The van der Waals surface area contributed by atoms with E-state index in [1.807, 2.05) is 18.2 Å². The summed E-state index contributed by atoms with van der Waals surface area (Å²) in [7, 11) is 8.32. The molecule has 0 aliphatic heterocycles. The highest BCUT2D eigenvalue weighted by Crippen LogP contribution is 2.59. The molecule has 4 heteroatoms. The number of phenols is 1. The predicted octanol–water partition coefficient (Wildman–Crippen LogP) is 6.60. The number of benzene rings is 4. The Labute approximate surface area is 221 Å². The maximum Gasteiger partial charge on any atom is 0.120 e. The molecule has 2 unspecified atom stereocenters. The summed E-state index contributed by atoms with van der Waals surface area (Å²) in [6.07, 6.45) is 0. The molecule has 190 valence electrons. The predicted molar refractivity (Wildman–Crippen MR) is 156 cm³/mol. The number of hydrogen-bond donors (Lipinski definition) is 2. The largest absolute Gasteiger partial charge is 0.508 e. The van der Waals surface area contributed by atoms with Crippen molar-refractivity contribution >= 4 is 11.4 Å². The number of nitrogens with two attached hydrogens (primary N) is 1. The van der Waals surface area contributed by atoms with E-state index in [0.717, 1.165) is 5.56 Å². The number of aryl methyl sites for hydroxylation is 1. The topological polar surface area (TPSA) is 52.7 Å². The van der Waals surface area contributed by atoms with Gasteiger partial charge in [-0.05, 0) is 70.6 Å². The monoisotopic (exact) mass is 491 g/mol. The van der Waals surface area contributed by atoms with Crippen LogP contribution in [0.3, 0.4) is 0 Å². The summed E-state index contributed by atoms with van der Waals surface area (Å²) >= 11 is 0. The summed E-state index contributed by atoms with van der Waals surface area (Å²) in [5.74, 6) is 0.124. The number of aromatic hydroxyl groups is 1. The van der Waals surface area contributed by atoms with Crippen molar-refractivity contribution in [2.45, 2.75) is 31.2 Å². The molecule has 0 bridgehead atoms. The van der Waals surface area contributed by atoms with Crippen molar-refractivity contribution in [2.75, 3.05) is 38.0 Å². The molecule has 1 aliphatic rings. The van der Waals surface area contributed by atoms with E-state index in [-0.39, 0.29) is 11.7 Å². The molecule has 5 rings (SSSR count). The van der Waals surface area contributed by atoms with E-state index < -0.39 is 11.5 Å².